The number of carbonyl (C=O) groups is 1. The summed E-state index contributed by atoms with van der Waals surface area (Å²) in [6.07, 6.45) is 0.221. The zero-order valence-corrected chi connectivity index (χ0v) is 14.5. The van der Waals surface area contributed by atoms with Crippen LogP contribution >= 0.6 is 0 Å². The average Bonchev–Trinajstić information content (AvgIpc) is 2.45. The second kappa shape index (κ2) is 10.7. The van der Waals surface area contributed by atoms with Gasteiger partial charge in [-0.1, -0.05) is 0 Å². The second-order valence-electron chi connectivity index (χ2n) is 5.75. The number of aromatic nitrogens is 1. The van der Waals surface area contributed by atoms with Crippen LogP contribution in [0, 0.1) is 17.0 Å². The molecule has 0 aromatic carbocycles. The summed E-state index contributed by atoms with van der Waals surface area (Å²) in [5.41, 5.74) is -0.0923. The topological polar surface area (TPSA) is 138 Å². The van der Waals surface area contributed by atoms with Gasteiger partial charge in [0.2, 0.25) is 0 Å². The highest BCUT2D eigenvalue weighted by Gasteiger charge is 2.17. The lowest BCUT2D eigenvalue weighted by molar-refractivity contribution is -0.386. The van der Waals surface area contributed by atoms with E-state index in [0.717, 1.165) is 0 Å². The van der Waals surface area contributed by atoms with Gasteiger partial charge in [-0.3, -0.25) is 10.1 Å². The number of aryl methyl sites for hydroxylation is 1. The fraction of sp³-hybridized carbons (Fsp3) is 0.533. The lowest BCUT2D eigenvalue weighted by atomic mass is 10.2. The quantitative estimate of drug-likeness (QED) is 0.464. The molecule has 0 spiro atoms. The fourth-order valence-corrected chi connectivity index (χ4v) is 1.52. The summed E-state index contributed by atoms with van der Waals surface area (Å²) < 4.78 is 10.4. The molecular weight excluding hydrogens is 334 g/mol. The average molecular weight is 355 g/mol. The molecule has 0 bridgehead atoms. The Labute approximate surface area is 144 Å². The fourth-order valence-electron chi connectivity index (χ4n) is 1.52. The SMILES string of the molecule is Cc1ccc([N+](=O)[O-])c(OCCCNC(=O)OC(C)(C)C)n1.O=C=O. The molecule has 25 heavy (non-hydrogen) atoms. The van der Waals surface area contributed by atoms with Gasteiger partial charge in [0.1, 0.15) is 5.60 Å². The van der Waals surface area contributed by atoms with Crippen LogP contribution in [0.4, 0.5) is 10.5 Å². The lowest BCUT2D eigenvalue weighted by Crippen LogP contribution is -2.33. The Morgan fingerprint density at radius 3 is 2.48 bits per heavy atom. The van der Waals surface area contributed by atoms with E-state index in [0.29, 0.717) is 18.7 Å². The first kappa shape index (κ1) is 22.0. The summed E-state index contributed by atoms with van der Waals surface area (Å²) in [7, 11) is 0. The van der Waals surface area contributed by atoms with Crippen molar-refractivity contribution >= 4 is 17.9 Å². The smallest absolute Gasteiger partial charge is 0.407 e. The number of rotatable bonds is 6. The first-order valence-corrected chi connectivity index (χ1v) is 7.31. The van der Waals surface area contributed by atoms with Crippen molar-refractivity contribution in [2.24, 2.45) is 0 Å². The summed E-state index contributed by atoms with van der Waals surface area (Å²) in [5, 5.41) is 13.4. The Hall–Kier alpha value is -3.00. The molecule has 0 fully saturated rings. The molecule has 10 heteroatoms. The Morgan fingerprint density at radius 1 is 1.36 bits per heavy atom. The van der Waals surface area contributed by atoms with E-state index in [2.05, 4.69) is 10.3 Å². The molecule has 1 rings (SSSR count). The van der Waals surface area contributed by atoms with E-state index in [1.165, 1.54) is 6.07 Å². The predicted molar refractivity (Wildman–Crippen MR) is 85.0 cm³/mol. The normalized spacial score (nSPS) is 9.92. The maximum atomic E-state index is 11.4. The van der Waals surface area contributed by atoms with Crippen LogP contribution < -0.4 is 10.1 Å². The Balaban J connectivity index is 0.00000178. The van der Waals surface area contributed by atoms with Gasteiger partial charge < -0.3 is 14.8 Å². The molecule has 1 amide bonds. The van der Waals surface area contributed by atoms with Crippen LogP contribution in [-0.2, 0) is 14.3 Å². The van der Waals surface area contributed by atoms with E-state index in [4.69, 9.17) is 19.1 Å². The molecule has 138 valence electrons. The molecule has 1 N–H and O–H groups in total. The lowest BCUT2D eigenvalue weighted by Gasteiger charge is -2.19. The van der Waals surface area contributed by atoms with E-state index >= 15 is 0 Å². The van der Waals surface area contributed by atoms with E-state index < -0.39 is 16.6 Å². The molecule has 1 aromatic rings. The Morgan fingerprint density at radius 2 is 1.96 bits per heavy atom. The van der Waals surface area contributed by atoms with Crippen molar-refractivity contribution in [2.75, 3.05) is 13.2 Å². The van der Waals surface area contributed by atoms with Crippen molar-refractivity contribution in [3.05, 3.63) is 27.9 Å². The molecule has 0 saturated heterocycles. The van der Waals surface area contributed by atoms with Crippen LogP contribution in [0.1, 0.15) is 32.9 Å². The third-order valence-electron chi connectivity index (χ3n) is 2.40. The summed E-state index contributed by atoms with van der Waals surface area (Å²) in [6.45, 7) is 7.59. The number of nitrogens with zero attached hydrogens (tertiary/aromatic N) is 2. The third-order valence-corrected chi connectivity index (χ3v) is 2.40. The van der Waals surface area contributed by atoms with Gasteiger partial charge in [0, 0.05) is 18.3 Å². The standard InChI is InChI=1S/C14H21N3O5.CO2/c1-10-6-7-11(17(19)20)12(16-10)21-9-5-8-15-13(18)22-14(2,3)4;2-1-3/h6-7H,5,8-9H2,1-4H3,(H,15,18);. The molecule has 0 atom stereocenters. The maximum absolute atomic E-state index is 11.4. The zero-order chi connectivity index (χ0) is 19.5. The van der Waals surface area contributed by atoms with Crippen molar-refractivity contribution in [2.45, 2.75) is 39.7 Å². The van der Waals surface area contributed by atoms with E-state index in [9.17, 15) is 14.9 Å². The van der Waals surface area contributed by atoms with Gasteiger partial charge in [-0.05, 0) is 40.2 Å². The van der Waals surface area contributed by atoms with Crippen LogP contribution in [0.5, 0.6) is 5.88 Å². The number of pyridine rings is 1. The predicted octanol–water partition coefficient (Wildman–Crippen LogP) is 2.01. The number of nitro groups is 1. The molecular formula is C15H21N3O7. The van der Waals surface area contributed by atoms with Gasteiger partial charge in [-0.25, -0.2) is 9.78 Å². The van der Waals surface area contributed by atoms with Crippen LogP contribution in [0.25, 0.3) is 0 Å². The minimum Gasteiger partial charge on any atom is -0.473 e. The maximum Gasteiger partial charge on any atom is 0.407 e. The van der Waals surface area contributed by atoms with Crippen LogP contribution in [-0.4, -0.2) is 40.9 Å². The molecule has 1 aromatic heterocycles. The number of alkyl carbamates (subject to hydrolysis) is 1. The van der Waals surface area contributed by atoms with Gasteiger partial charge in [-0.15, -0.1) is 0 Å². The first-order valence-electron chi connectivity index (χ1n) is 7.31. The number of carbonyl (C=O) groups excluding carboxylic acids is 3. The van der Waals surface area contributed by atoms with Gasteiger partial charge in [0.15, 0.2) is 0 Å². The van der Waals surface area contributed by atoms with Gasteiger partial charge in [0.05, 0.1) is 11.5 Å². The second-order valence-corrected chi connectivity index (χ2v) is 5.75. The van der Waals surface area contributed by atoms with Crippen LogP contribution in [0.15, 0.2) is 12.1 Å². The molecule has 0 radical (unpaired) electrons. The van der Waals surface area contributed by atoms with Crippen molar-refractivity contribution in [3.8, 4) is 5.88 Å². The number of ether oxygens (including phenoxy) is 2. The van der Waals surface area contributed by atoms with Crippen molar-refractivity contribution < 1.29 is 28.8 Å². The monoisotopic (exact) mass is 355 g/mol. The van der Waals surface area contributed by atoms with Crippen molar-refractivity contribution in [1.29, 1.82) is 0 Å². The molecule has 1 heterocycles. The van der Waals surface area contributed by atoms with E-state index in [1.54, 1.807) is 33.8 Å². The highest BCUT2D eigenvalue weighted by Crippen LogP contribution is 2.24. The van der Waals surface area contributed by atoms with Crippen LogP contribution in [0.2, 0.25) is 0 Å². The van der Waals surface area contributed by atoms with Crippen LogP contribution in [0.3, 0.4) is 0 Å². The molecule has 0 unspecified atom stereocenters. The van der Waals surface area contributed by atoms with Crippen molar-refractivity contribution in [3.63, 3.8) is 0 Å². The van der Waals surface area contributed by atoms with Gasteiger partial charge in [-0.2, -0.15) is 9.59 Å². The molecule has 0 aliphatic carbocycles. The summed E-state index contributed by atoms with van der Waals surface area (Å²) in [4.78, 5) is 42.0. The minimum atomic E-state index is -0.549. The Kier molecular flexibility index (Phi) is 9.43. The number of nitrogens with one attached hydrogen (secondary N) is 1. The van der Waals surface area contributed by atoms with Gasteiger partial charge in [0.25, 0.3) is 5.88 Å². The molecule has 0 saturated carbocycles. The number of amides is 1. The number of hydrogen-bond donors (Lipinski definition) is 1. The molecule has 0 aliphatic rings. The molecule has 0 aliphatic heterocycles. The Bertz CT molecular complexity index is 620. The first-order chi connectivity index (χ1) is 11.6. The largest absolute Gasteiger partial charge is 0.473 e. The van der Waals surface area contributed by atoms with Crippen molar-refractivity contribution in [1.82, 2.24) is 10.3 Å². The summed E-state index contributed by atoms with van der Waals surface area (Å²) >= 11 is 0. The summed E-state index contributed by atoms with van der Waals surface area (Å²) in [6, 6.07) is 2.91. The van der Waals surface area contributed by atoms with E-state index in [1.807, 2.05) is 0 Å². The minimum absolute atomic E-state index is 0.0118. The highest BCUT2D eigenvalue weighted by atomic mass is 16.6. The summed E-state index contributed by atoms with van der Waals surface area (Å²) in [5.74, 6) is -0.0118. The number of hydrogen-bond acceptors (Lipinski definition) is 8. The van der Waals surface area contributed by atoms with E-state index in [-0.39, 0.29) is 24.3 Å². The highest BCUT2D eigenvalue weighted by molar-refractivity contribution is 5.67. The van der Waals surface area contributed by atoms with Gasteiger partial charge >= 0.3 is 17.9 Å². The zero-order valence-electron chi connectivity index (χ0n) is 14.5. The third kappa shape index (κ3) is 10.4. The molecule has 10 nitrogen and oxygen atoms in total.